The minimum absolute atomic E-state index is 0.0324. The van der Waals surface area contributed by atoms with Crippen molar-refractivity contribution in [2.75, 3.05) is 11.9 Å². The fourth-order valence-corrected chi connectivity index (χ4v) is 2.37. The number of urea groups is 1. The topological polar surface area (TPSA) is 70.6 Å². The second kappa shape index (κ2) is 7.21. The number of nitrogens with one attached hydrogen (secondary N) is 2. The van der Waals surface area contributed by atoms with Crippen molar-refractivity contribution in [3.8, 4) is 5.75 Å². The van der Waals surface area contributed by atoms with Gasteiger partial charge >= 0.3 is 12.6 Å². The highest BCUT2D eigenvalue weighted by Gasteiger charge is 2.25. The van der Waals surface area contributed by atoms with Gasteiger partial charge in [-0.15, -0.1) is 0 Å². The normalized spacial score (nSPS) is 21.3. The summed E-state index contributed by atoms with van der Waals surface area (Å²) in [6, 6.07) is 5.26. The van der Waals surface area contributed by atoms with E-state index >= 15 is 0 Å². The number of carbonyl (C=O) groups is 1. The summed E-state index contributed by atoms with van der Waals surface area (Å²) in [5, 5.41) is 14.9. The maximum absolute atomic E-state index is 12.0. The zero-order valence-corrected chi connectivity index (χ0v) is 11.4. The number of aliphatic hydroxyl groups excluding tert-OH is 1. The predicted molar refractivity (Wildman–Crippen MR) is 73.4 cm³/mol. The van der Waals surface area contributed by atoms with Crippen LogP contribution in [0.4, 0.5) is 19.3 Å². The van der Waals surface area contributed by atoms with Crippen LogP contribution in [0.3, 0.4) is 0 Å². The summed E-state index contributed by atoms with van der Waals surface area (Å²) in [6.45, 7) is -2.45. The molecule has 0 bridgehead atoms. The van der Waals surface area contributed by atoms with E-state index in [-0.39, 0.29) is 17.8 Å². The number of rotatable bonds is 5. The highest BCUT2D eigenvalue weighted by atomic mass is 19.3. The molecule has 1 saturated carbocycles. The number of carbonyl (C=O) groups excluding carboxylic acids is 1. The van der Waals surface area contributed by atoms with Crippen LogP contribution in [0.25, 0.3) is 0 Å². The number of anilines is 1. The van der Waals surface area contributed by atoms with E-state index < -0.39 is 12.6 Å². The van der Waals surface area contributed by atoms with Crippen LogP contribution in [0.2, 0.25) is 0 Å². The first-order chi connectivity index (χ1) is 10.0. The molecule has 1 fully saturated rings. The zero-order chi connectivity index (χ0) is 15.2. The molecule has 0 aromatic heterocycles. The summed E-state index contributed by atoms with van der Waals surface area (Å²) < 4.78 is 28.2. The summed E-state index contributed by atoms with van der Waals surface area (Å²) in [5.41, 5.74) is 0.473. The Balaban J connectivity index is 1.77. The Morgan fingerprint density at radius 3 is 2.62 bits per heavy atom. The van der Waals surface area contributed by atoms with E-state index in [1.54, 1.807) is 0 Å². The van der Waals surface area contributed by atoms with E-state index in [2.05, 4.69) is 15.4 Å². The van der Waals surface area contributed by atoms with Crippen molar-refractivity contribution in [3.63, 3.8) is 0 Å². The van der Waals surface area contributed by atoms with E-state index in [4.69, 9.17) is 0 Å². The van der Waals surface area contributed by atoms with Gasteiger partial charge in [0.2, 0.25) is 0 Å². The van der Waals surface area contributed by atoms with Gasteiger partial charge in [0, 0.05) is 18.2 Å². The molecule has 0 unspecified atom stereocenters. The lowest BCUT2D eigenvalue weighted by Gasteiger charge is -2.15. The third kappa shape index (κ3) is 4.86. The SMILES string of the molecule is O=C(NC[C@@H]1CCC[C@H]1O)Nc1ccc(OC(F)F)cc1. The molecule has 0 aliphatic heterocycles. The van der Waals surface area contributed by atoms with Crippen LogP contribution in [0.5, 0.6) is 5.75 Å². The molecule has 7 heteroatoms. The first-order valence-electron chi connectivity index (χ1n) is 6.82. The second-order valence-electron chi connectivity index (χ2n) is 5.00. The molecule has 3 N–H and O–H groups in total. The number of alkyl halides is 2. The van der Waals surface area contributed by atoms with Gasteiger partial charge in [0.15, 0.2) is 0 Å². The zero-order valence-electron chi connectivity index (χ0n) is 11.4. The van der Waals surface area contributed by atoms with Gasteiger partial charge in [-0.3, -0.25) is 0 Å². The first-order valence-corrected chi connectivity index (χ1v) is 6.82. The van der Waals surface area contributed by atoms with Crippen molar-refractivity contribution < 1.29 is 23.4 Å². The number of benzene rings is 1. The van der Waals surface area contributed by atoms with Crippen LogP contribution in [0, 0.1) is 5.92 Å². The Bertz CT molecular complexity index is 468. The van der Waals surface area contributed by atoms with E-state index in [1.807, 2.05) is 0 Å². The van der Waals surface area contributed by atoms with Crippen molar-refractivity contribution in [3.05, 3.63) is 24.3 Å². The van der Waals surface area contributed by atoms with E-state index in [1.165, 1.54) is 24.3 Å². The molecule has 5 nitrogen and oxygen atoms in total. The number of amides is 2. The first kappa shape index (κ1) is 15.5. The summed E-state index contributed by atoms with van der Waals surface area (Å²) in [5.74, 6) is 0.127. The average Bonchev–Trinajstić information content (AvgIpc) is 2.84. The summed E-state index contributed by atoms with van der Waals surface area (Å²) in [6.07, 6.45) is 2.30. The predicted octanol–water partition coefficient (Wildman–Crippen LogP) is 2.57. The largest absolute Gasteiger partial charge is 0.435 e. The highest BCUT2D eigenvalue weighted by molar-refractivity contribution is 5.89. The van der Waals surface area contributed by atoms with Crippen molar-refractivity contribution in [1.29, 1.82) is 0 Å². The van der Waals surface area contributed by atoms with Gasteiger partial charge in [-0.1, -0.05) is 6.42 Å². The molecule has 21 heavy (non-hydrogen) atoms. The molecule has 1 aliphatic carbocycles. The van der Waals surface area contributed by atoms with Crippen molar-refractivity contribution >= 4 is 11.7 Å². The van der Waals surface area contributed by atoms with Gasteiger partial charge in [0.25, 0.3) is 0 Å². The molecule has 0 saturated heterocycles. The Morgan fingerprint density at radius 1 is 1.33 bits per heavy atom. The number of ether oxygens (including phenoxy) is 1. The van der Waals surface area contributed by atoms with Gasteiger partial charge in [0.05, 0.1) is 6.10 Å². The monoisotopic (exact) mass is 300 g/mol. The fourth-order valence-electron chi connectivity index (χ4n) is 2.37. The van der Waals surface area contributed by atoms with Crippen LogP contribution < -0.4 is 15.4 Å². The average molecular weight is 300 g/mol. The summed E-state index contributed by atoms with van der Waals surface area (Å²) in [7, 11) is 0. The Kier molecular flexibility index (Phi) is 5.32. The molecule has 2 amide bonds. The van der Waals surface area contributed by atoms with Crippen LogP contribution in [-0.4, -0.2) is 30.4 Å². The number of halogens is 2. The van der Waals surface area contributed by atoms with Gasteiger partial charge in [-0.25, -0.2) is 4.79 Å². The number of hydrogen-bond acceptors (Lipinski definition) is 3. The van der Waals surface area contributed by atoms with E-state index in [0.717, 1.165) is 19.3 Å². The quantitative estimate of drug-likeness (QED) is 0.782. The lowest BCUT2D eigenvalue weighted by Crippen LogP contribution is -2.35. The molecule has 2 atom stereocenters. The lowest BCUT2D eigenvalue weighted by molar-refractivity contribution is -0.0498. The standard InChI is InChI=1S/C14H18F2N2O3/c15-13(16)21-11-6-4-10(5-7-11)18-14(20)17-8-9-2-1-3-12(9)19/h4-7,9,12-13,19H,1-3,8H2,(H2,17,18,20)/t9-,12+/m0/s1. The van der Waals surface area contributed by atoms with Gasteiger partial charge < -0.3 is 20.5 Å². The highest BCUT2D eigenvalue weighted by Crippen LogP contribution is 2.24. The van der Waals surface area contributed by atoms with Crippen molar-refractivity contribution in [1.82, 2.24) is 5.32 Å². The van der Waals surface area contributed by atoms with Gasteiger partial charge in [0.1, 0.15) is 5.75 Å². The fraction of sp³-hybridized carbons (Fsp3) is 0.500. The molecular formula is C14H18F2N2O3. The third-order valence-corrected chi connectivity index (χ3v) is 3.48. The van der Waals surface area contributed by atoms with E-state index in [0.29, 0.717) is 12.2 Å². The maximum Gasteiger partial charge on any atom is 0.387 e. The Hall–Kier alpha value is -1.89. The molecule has 1 aromatic carbocycles. The molecule has 0 spiro atoms. The Labute approximate surface area is 121 Å². The van der Waals surface area contributed by atoms with Crippen molar-refractivity contribution in [2.45, 2.75) is 32.0 Å². The summed E-state index contributed by atoms with van der Waals surface area (Å²) in [4.78, 5) is 11.7. The molecule has 0 radical (unpaired) electrons. The van der Waals surface area contributed by atoms with E-state index in [9.17, 15) is 18.7 Å². The molecule has 0 heterocycles. The Morgan fingerprint density at radius 2 is 2.05 bits per heavy atom. The van der Waals surface area contributed by atoms with Crippen LogP contribution in [0.1, 0.15) is 19.3 Å². The van der Waals surface area contributed by atoms with Gasteiger partial charge in [-0.05, 0) is 37.1 Å². The molecule has 2 rings (SSSR count). The minimum atomic E-state index is -2.87. The third-order valence-electron chi connectivity index (χ3n) is 3.48. The molecule has 1 aromatic rings. The minimum Gasteiger partial charge on any atom is -0.435 e. The summed E-state index contributed by atoms with van der Waals surface area (Å²) >= 11 is 0. The smallest absolute Gasteiger partial charge is 0.387 e. The maximum atomic E-state index is 12.0. The van der Waals surface area contributed by atoms with Crippen LogP contribution in [-0.2, 0) is 0 Å². The van der Waals surface area contributed by atoms with Crippen LogP contribution in [0.15, 0.2) is 24.3 Å². The molecular weight excluding hydrogens is 282 g/mol. The second-order valence-corrected chi connectivity index (χ2v) is 5.00. The lowest BCUT2D eigenvalue weighted by atomic mass is 10.1. The number of hydrogen-bond donors (Lipinski definition) is 3. The van der Waals surface area contributed by atoms with Crippen molar-refractivity contribution in [2.24, 2.45) is 5.92 Å². The van der Waals surface area contributed by atoms with Crippen LogP contribution >= 0.6 is 0 Å². The van der Waals surface area contributed by atoms with Gasteiger partial charge in [-0.2, -0.15) is 8.78 Å². The molecule has 1 aliphatic rings. The molecule has 116 valence electrons. The number of aliphatic hydroxyl groups is 1.